The van der Waals surface area contributed by atoms with Crippen molar-refractivity contribution in [1.29, 1.82) is 0 Å². The molecule has 1 atom stereocenters. The third kappa shape index (κ3) is 5.77. The van der Waals surface area contributed by atoms with E-state index in [1.165, 1.54) is 25.9 Å². The number of hydrogen-bond acceptors (Lipinski definition) is 4. The number of hydrogen-bond donors (Lipinski definition) is 2. The standard InChI is InChI=1S/C15H30N4O/c1-18-8-10-19(11-9-18)7-3-6-17-15(20)12-14-4-2-5-16-13-14/h14,16H,2-13H2,1H3,(H,17,20). The van der Waals surface area contributed by atoms with Gasteiger partial charge in [-0.25, -0.2) is 0 Å². The summed E-state index contributed by atoms with van der Waals surface area (Å²) >= 11 is 0. The molecule has 0 aromatic rings. The average molecular weight is 282 g/mol. The molecule has 0 saturated carbocycles. The Morgan fingerprint density at radius 1 is 1.30 bits per heavy atom. The molecule has 0 aromatic heterocycles. The third-order valence-corrected chi connectivity index (χ3v) is 4.44. The number of carbonyl (C=O) groups is 1. The van der Waals surface area contributed by atoms with Crippen molar-refractivity contribution in [3.05, 3.63) is 0 Å². The molecular formula is C15H30N4O. The molecular weight excluding hydrogens is 252 g/mol. The summed E-state index contributed by atoms with van der Waals surface area (Å²) in [7, 11) is 2.18. The van der Waals surface area contributed by atoms with Gasteiger partial charge in [0, 0.05) is 39.1 Å². The van der Waals surface area contributed by atoms with E-state index in [-0.39, 0.29) is 5.91 Å². The minimum atomic E-state index is 0.233. The fraction of sp³-hybridized carbons (Fsp3) is 0.933. The summed E-state index contributed by atoms with van der Waals surface area (Å²) < 4.78 is 0. The first-order valence-corrected chi connectivity index (χ1v) is 8.12. The number of likely N-dealkylation sites (N-methyl/N-ethyl adjacent to an activating group) is 1. The Morgan fingerprint density at radius 3 is 2.80 bits per heavy atom. The molecule has 116 valence electrons. The molecule has 0 aliphatic carbocycles. The monoisotopic (exact) mass is 282 g/mol. The van der Waals surface area contributed by atoms with Crippen LogP contribution >= 0.6 is 0 Å². The number of amides is 1. The largest absolute Gasteiger partial charge is 0.356 e. The fourth-order valence-corrected chi connectivity index (χ4v) is 3.03. The Morgan fingerprint density at radius 2 is 2.10 bits per heavy atom. The van der Waals surface area contributed by atoms with Crippen LogP contribution in [-0.2, 0) is 4.79 Å². The van der Waals surface area contributed by atoms with Crippen LogP contribution in [-0.4, -0.2) is 75.1 Å². The van der Waals surface area contributed by atoms with Gasteiger partial charge in [0.25, 0.3) is 0 Å². The van der Waals surface area contributed by atoms with E-state index in [9.17, 15) is 4.79 Å². The molecule has 5 nitrogen and oxygen atoms in total. The van der Waals surface area contributed by atoms with E-state index in [0.717, 1.165) is 45.7 Å². The van der Waals surface area contributed by atoms with Gasteiger partial charge in [0.05, 0.1) is 0 Å². The number of rotatable bonds is 6. The van der Waals surface area contributed by atoms with Crippen molar-refractivity contribution in [1.82, 2.24) is 20.4 Å². The highest BCUT2D eigenvalue weighted by Crippen LogP contribution is 2.13. The Bertz CT molecular complexity index is 284. The number of nitrogens with one attached hydrogen (secondary N) is 2. The molecule has 2 aliphatic rings. The molecule has 2 rings (SSSR count). The highest BCUT2D eigenvalue weighted by Gasteiger charge is 2.16. The number of piperazine rings is 1. The van der Waals surface area contributed by atoms with Gasteiger partial charge in [0.1, 0.15) is 0 Å². The average Bonchev–Trinajstić information content (AvgIpc) is 2.46. The molecule has 20 heavy (non-hydrogen) atoms. The molecule has 1 amide bonds. The third-order valence-electron chi connectivity index (χ3n) is 4.44. The Kier molecular flexibility index (Phi) is 6.76. The minimum Gasteiger partial charge on any atom is -0.356 e. The van der Waals surface area contributed by atoms with E-state index in [1.54, 1.807) is 0 Å². The number of piperidine rings is 1. The van der Waals surface area contributed by atoms with Crippen LogP contribution < -0.4 is 10.6 Å². The van der Waals surface area contributed by atoms with E-state index < -0.39 is 0 Å². The maximum absolute atomic E-state index is 11.8. The van der Waals surface area contributed by atoms with Crippen LogP contribution in [0.2, 0.25) is 0 Å². The number of carbonyl (C=O) groups excluding carboxylic acids is 1. The fourth-order valence-electron chi connectivity index (χ4n) is 3.03. The molecule has 2 N–H and O–H groups in total. The maximum Gasteiger partial charge on any atom is 0.220 e. The summed E-state index contributed by atoms with van der Waals surface area (Å²) in [6.07, 6.45) is 4.17. The van der Waals surface area contributed by atoms with Gasteiger partial charge in [-0.1, -0.05) is 0 Å². The van der Waals surface area contributed by atoms with Crippen molar-refractivity contribution in [2.75, 3.05) is 59.4 Å². The van der Waals surface area contributed by atoms with E-state index in [4.69, 9.17) is 0 Å². The number of nitrogens with zero attached hydrogens (tertiary/aromatic N) is 2. The van der Waals surface area contributed by atoms with Crippen LogP contribution in [0, 0.1) is 5.92 Å². The zero-order valence-corrected chi connectivity index (χ0v) is 12.9. The van der Waals surface area contributed by atoms with Gasteiger partial charge in [0.2, 0.25) is 5.91 Å². The summed E-state index contributed by atoms with van der Waals surface area (Å²) in [5, 5.41) is 6.44. The molecule has 2 saturated heterocycles. The highest BCUT2D eigenvalue weighted by molar-refractivity contribution is 5.76. The molecule has 0 aromatic carbocycles. The quantitative estimate of drug-likeness (QED) is 0.680. The second-order valence-corrected chi connectivity index (χ2v) is 6.26. The van der Waals surface area contributed by atoms with Crippen LogP contribution in [0.5, 0.6) is 0 Å². The van der Waals surface area contributed by atoms with Gasteiger partial charge in [-0.05, 0) is 51.9 Å². The predicted molar refractivity (Wildman–Crippen MR) is 81.8 cm³/mol. The van der Waals surface area contributed by atoms with Gasteiger partial charge in [-0.15, -0.1) is 0 Å². The molecule has 0 bridgehead atoms. The maximum atomic E-state index is 11.8. The highest BCUT2D eigenvalue weighted by atomic mass is 16.1. The molecule has 0 radical (unpaired) electrons. The molecule has 2 aliphatic heterocycles. The van der Waals surface area contributed by atoms with Crippen molar-refractivity contribution < 1.29 is 4.79 Å². The van der Waals surface area contributed by atoms with Crippen LogP contribution in [0.25, 0.3) is 0 Å². The lowest BCUT2D eigenvalue weighted by molar-refractivity contribution is -0.122. The summed E-state index contributed by atoms with van der Waals surface area (Å²) in [5.74, 6) is 0.776. The second kappa shape index (κ2) is 8.60. The van der Waals surface area contributed by atoms with Gasteiger partial charge in [-0.3, -0.25) is 4.79 Å². The second-order valence-electron chi connectivity index (χ2n) is 6.26. The van der Waals surface area contributed by atoms with Gasteiger partial charge in [0.15, 0.2) is 0 Å². The first kappa shape index (κ1) is 15.7. The van der Waals surface area contributed by atoms with Gasteiger partial charge >= 0.3 is 0 Å². The van der Waals surface area contributed by atoms with Crippen molar-refractivity contribution in [2.24, 2.45) is 5.92 Å². The van der Waals surface area contributed by atoms with Crippen LogP contribution in [0.15, 0.2) is 0 Å². The summed E-state index contributed by atoms with van der Waals surface area (Å²) in [4.78, 5) is 16.7. The van der Waals surface area contributed by atoms with Gasteiger partial charge in [-0.2, -0.15) is 0 Å². The van der Waals surface area contributed by atoms with Crippen LogP contribution in [0.4, 0.5) is 0 Å². The topological polar surface area (TPSA) is 47.6 Å². The van der Waals surface area contributed by atoms with E-state index >= 15 is 0 Å². The predicted octanol–water partition coefficient (Wildman–Crippen LogP) is 0.130. The van der Waals surface area contributed by atoms with E-state index in [2.05, 4.69) is 27.5 Å². The smallest absolute Gasteiger partial charge is 0.220 e. The van der Waals surface area contributed by atoms with E-state index in [1.807, 2.05) is 0 Å². The summed E-state index contributed by atoms with van der Waals surface area (Å²) in [6.45, 7) is 8.72. The molecule has 5 heteroatoms. The Labute approximate surface area is 123 Å². The lowest BCUT2D eigenvalue weighted by Gasteiger charge is -2.32. The Hall–Kier alpha value is -0.650. The minimum absolute atomic E-state index is 0.233. The normalized spacial score (nSPS) is 25.6. The lowest BCUT2D eigenvalue weighted by Crippen LogP contribution is -2.45. The Balaban J connectivity index is 1.48. The van der Waals surface area contributed by atoms with Crippen molar-refractivity contribution in [2.45, 2.75) is 25.7 Å². The molecule has 2 heterocycles. The molecule has 2 fully saturated rings. The van der Waals surface area contributed by atoms with Crippen molar-refractivity contribution >= 4 is 5.91 Å². The first-order chi connectivity index (χ1) is 9.74. The molecule has 0 spiro atoms. The summed E-state index contributed by atoms with van der Waals surface area (Å²) in [5.41, 5.74) is 0. The van der Waals surface area contributed by atoms with Crippen molar-refractivity contribution in [3.63, 3.8) is 0 Å². The molecule has 1 unspecified atom stereocenters. The van der Waals surface area contributed by atoms with Crippen LogP contribution in [0.3, 0.4) is 0 Å². The summed E-state index contributed by atoms with van der Waals surface area (Å²) in [6, 6.07) is 0. The lowest BCUT2D eigenvalue weighted by atomic mass is 9.96. The SMILES string of the molecule is CN1CCN(CCCNC(=O)CC2CCCNC2)CC1. The zero-order valence-electron chi connectivity index (χ0n) is 12.9. The van der Waals surface area contributed by atoms with Crippen LogP contribution in [0.1, 0.15) is 25.7 Å². The van der Waals surface area contributed by atoms with Gasteiger partial charge < -0.3 is 20.4 Å². The van der Waals surface area contributed by atoms with Crippen molar-refractivity contribution in [3.8, 4) is 0 Å². The zero-order chi connectivity index (χ0) is 14.2. The first-order valence-electron chi connectivity index (χ1n) is 8.12. The van der Waals surface area contributed by atoms with E-state index in [0.29, 0.717) is 12.3 Å².